The number of halogens is 1. The minimum atomic E-state index is -1.02. The Morgan fingerprint density at radius 2 is 2.22 bits per heavy atom. The molecule has 18 heavy (non-hydrogen) atoms. The predicted octanol–water partition coefficient (Wildman–Crippen LogP) is 3.59. The lowest BCUT2D eigenvalue weighted by Crippen LogP contribution is -1.99. The molecule has 0 saturated carbocycles. The number of hydrogen-bond acceptors (Lipinski definition) is 4. The van der Waals surface area contributed by atoms with Gasteiger partial charge in [0.05, 0.1) is 17.0 Å². The number of carboxylic acids is 1. The maximum absolute atomic E-state index is 11.2. The van der Waals surface area contributed by atoms with Crippen LogP contribution in [0.4, 0.5) is 0 Å². The van der Waals surface area contributed by atoms with Crippen molar-refractivity contribution < 1.29 is 14.6 Å². The van der Waals surface area contributed by atoms with E-state index >= 15 is 0 Å². The number of ether oxygens (including phenoxy) is 1. The van der Waals surface area contributed by atoms with E-state index in [1.54, 1.807) is 20.1 Å². The van der Waals surface area contributed by atoms with E-state index in [2.05, 4.69) is 20.9 Å². The number of hydrogen-bond donors (Lipinski definition) is 1. The number of thiazole rings is 1. The van der Waals surface area contributed by atoms with E-state index < -0.39 is 5.97 Å². The van der Waals surface area contributed by atoms with Gasteiger partial charge in [0.25, 0.3) is 0 Å². The molecular formula is C12H10BrNO3S. The molecule has 1 aromatic carbocycles. The normalized spacial score (nSPS) is 10.4. The second-order valence-electron chi connectivity index (χ2n) is 3.56. The van der Waals surface area contributed by atoms with Gasteiger partial charge in [-0.05, 0) is 25.1 Å². The van der Waals surface area contributed by atoms with Crippen LogP contribution in [0.25, 0.3) is 10.4 Å². The van der Waals surface area contributed by atoms with Gasteiger partial charge in [-0.15, -0.1) is 11.3 Å². The van der Waals surface area contributed by atoms with Crippen LogP contribution in [-0.2, 0) is 0 Å². The van der Waals surface area contributed by atoms with Crippen LogP contribution in [0.5, 0.6) is 5.75 Å². The largest absolute Gasteiger partial charge is 0.497 e. The second-order valence-corrected chi connectivity index (χ2v) is 5.62. The van der Waals surface area contributed by atoms with Crippen molar-refractivity contribution in [1.82, 2.24) is 4.98 Å². The first kappa shape index (κ1) is 13.0. The van der Waals surface area contributed by atoms with Crippen molar-refractivity contribution in [3.63, 3.8) is 0 Å². The molecule has 6 heteroatoms. The fourth-order valence-corrected chi connectivity index (χ4v) is 3.08. The monoisotopic (exact) mass is 327 g/mol. The van der Waals surface area contributed by atoms with Gasteiger partial charge in [-0.25, -0.2) is 9.78 Å². The van der Waals surface area contributed by atoms with Crippen LogP contribution in [0, 0.1) is 6.92 Å². The van der Waals surface area contributed by atoms with Gasteiger partial charge >= 0.3 is 5.97 Å². The molecule has 0 atom stereocenters. The lowest BCUT2D eigenvalue weighted by molar-refractivity contribution is 0.0692. The number of carboxylic acid groups (broad SMARTS) is 1. The minimum absolute atomic E-state index is 0.0754. The minimum Gasteiger partial charge on any atom is -0.497 e. The fraction of sp³-hybridized carbons (Fsp3) is 0.167. The van der Waals surface area contributed by atoms with Crippen molar-refractivity contribution in [1.29, 1.82) is 0 Å². The zero-order valence-corrected chi connectivity index (χ0v) is 12.1. The summed E-state index contributed by atoms with van der Waals surface area (Å²) >= 11 is 4.77. The molecule has 4 nitrogen and oxygen atoms in total. The summed E-state index contributed by atoms with van der Waals surface area (Å²) < 4.78 is 5.97. The molecule has 0 saturated heterocycles. The summed E-state index contributed by atoms with van der Waals surface area (Å²) in [7, 11) is 1.57. The number of nitrogens with zero attached hydrogens (tertiary/aromatic N) is 1. The molecule has 0 amide bonds. The summed E-state index contributed by atoms with van der Waals surface area (Å²) in [4.78, 5) is 15.8. The molecule has 2 rings (SSSR count). The van der Waals surface area contributed by atoms with E-state index in [4.69, 9.17) is 9.84 Å². The molecular weight excluding hydrogens is 318 g/mol. The van der Waals surface area contributed by atoms with E-state index in [9.17, 15) is 4.79 Å². The van der Waals surface area contributed by atoms with E-state index in [-0.39, 0.29) is 5.69 Å². The lowest BCUT2D eigenvalue weighted by atomic mass is 10.1. The Bertz CT molecular complexity index is 609. The van der Waals surface area contributed by atoms with Gasteiger partial charge in [-0.3, -0.25) is 0 Å². The first-order chi connectivity index (χ1) is 8.52. The molecule has 1 heterocycles. The van der Waals surface area contributed by atoms with Crippen molar-refractivity contribution in [2.45, 2.75) is 6.92 Å². The number of carbonyl (C=O) groups is 1. The Morgan fingerprint density at radius 1 is 1.50 bits per heavy atom. The van der Waals surface area contributed by atoms with E-state index in [0.717, 1.165) is 15.0 Å². The molecule has 0 aliphatic heterocycles. The van der Waals surface area contributed by atoms with Gasteiger partial charge in [-0.2, -0.15) is 0 Å². The predicted molar refractivity (Wildman–Crippen MR) is 73.5 cm³/mol. The highest BCUT2D eigenvalue weighted by Crippen LogP contribution is 2.37. The SMILES string of the molecule is COc1ccc(Br)c(-c2sc(C)nc2C(=O)O)c1. The average Bonchev–Trinajstić information content (AvgIpc) is 2.72. The van der Waals surface area contributed by atoms with Gasteiger partial charge in [0.1, 0.15) is 5.75 Å². The first-order valence-electron chi connectivity index (χ1n) is 5.07. The smallest absolute Gasteiger partial charge is 0.356 e. The van der Waals surface area contributed by atoms with Crippen LogP contribution in [-0.4, -0.2) is 23.2 Å². The van der Waals surface area contributed by atoms with Crippen molar-refractivity contribution in [3.8, 4) is 16.2 Å². The van der Waals surface area contributed by atoms with Gasteiger partial charge in [0.2, 0.25) is 0 Å². The third kappa shape index (κ3) is 2.39. The van der Waals surface area contributed by atoms with Gasteiger partial charge in [-0.1, -0.05) is 15.9 Å². The van der Waals surface area contributed by atoms with Crippen molar-refractivity contribution >= 4 is 33.2 Å². The molecule has 0 radical (unpaired) electrons. The Balaban J connectivity index is 2.64. The summed E-state index contributed by atoms with van der Waals surface area (Å²) in [5.74, 6) is -0.348. The third-order valence-electron chi connectivity index (χ3n) is 2.35. The standard InChI is InChI=1S/C12H10BrNO3S/c1-6-14-10(12(15)16)11(18-6)8-5-7(17-2)3-4-9(8)13/h3-5H,1-2H3,(H,15,16). The number of rotatable bonds is 3. The topological polar surface area (TPSA) is 59.4 Å². The first-order valence-corrected chi connectivity index (χ1v) is 6.68. The van der Waals surface area contributed by atoms with E-state index in [0.29, 0.717) is 10.6 Å². The molecule has 0 spiro atoms. The van der Waals surface area contributed by atoms with Crippen LogP contribution in [0.3, 0.4) is 0 Å². The number of benzene rings is 1. The number of aromatic nitrogens is 1. The van der Waals surface area contributed by atoms with Gasteiger partial charge < -0.3 is 9.84 Å². The number of methoxy groups -OCH3 is 1. The molecule has 0 aliphatic carbocycles. The summed E-state index contributed by atoms with van der Waals surface area (Å²) in [6.07, 6.45) is 0. The Labute approximate surface area is 116 Å². The zero-order chi connectivity index (χ0) is 13.3. The van der Waals surface area contributed by atoms with Crippen LogP contribution >= 0.6 is 27.3 Å². The van der Waals surface area contributed by atoms with Crippen LogP contribution in [0.15, 0.2) is 22.7 Å². The molecule has 1 N–H and O–H groups in total. The fourth-order valence-electron chi connectivity index (χ4n) is 1.56. The highest BCUT2D eigenvalue weighted by atomic mass is 79.9. The van der Waals surface area contributed by atoms with E-state index in [1.165, 1.54) is 11.3 Å². The van der Waals surface area contributed by atoms with Crippen LogP contribution < -0.4 is 4.74 Å². The Hall–Kier alpha value is -1.40. The summed E-state index contributed by atoms with van der Waals surface area (Å²) in [5, 5.41) is 9.87. The molecule has 1 aromatic heterocycles. The molecule has 0 fully saturated rings. The maximum Gasteiger partial charge on any atom is 0.356 e. The number of aromatic carboxylic acids is 1. The highest BCUT2D eigenvalue weighted by molar-refractivity contribution is 9.10. The quantitative estimate of drug-likeness (QED) is 0.935. The van der Waals surface area contributed by atoms with Gasteiger partial charge in [0, 0.05) is 10.0 Å². The van der Waals surface area contributed by atoms with E-state index in [1.807, 2.05) is 12.1 Å². The maximum atomic E-state index is 11.2. The second kappa shape index (κ2) is 5.07. The average molecular weight is 328 g/mol. The van der Waals surface area contributed by atoms with Crippen molar-refractivity contribution in [3.05, 3.63) is 33.4 Å². The summed E-state index contributed by atoms with van der Waals surface area (Å²) in [6.45, 7) is 1.79. The highest BCUT2D eigenvalue weighted by Gasteiger charge is 2.19. The Morgan fingerprint density at radius 3 is 2.83 bits per heavy atom. The van der Waals surface area contributed by atoms with Gasteiger partial charge in [0.15, 0.2) is 5.69 Å². The molecule has 0 aliphatic rings. The summed E-state index contributed by atoms with van der Waals surface area (Å²) in [5.41, 5.74) is 0.851. The van der Waals surface area contributed by atoms with Crippen LogP contribution in [0.1, 0.15) is 15.5 Å². The van der Waals surface area contributed by atoms with Crippen LogP contribution in [0.2, 0.25) is 0 Å². The van der Waals surface area contributed by atoms with Crippen molar-refractivity contribution in [2.75, 3.05) is 7.11 Å². The third-order valence-corrected chi connectivity index (χ3v) is 4.05. The zero-order valence-electron chi connectivity index (χ0n) is 9.73. The molecule has 94 valence electrons. The number of aryl methyl sites for hydroxylation is 1. The Kier molecular flexibility index (Phi) is 3.68. The summed E-state index contributed by atoms with van der Waals surface area (Å²) in [6, 6.07) is 5.43. The van der Waals surface area contributed by atoms with Crippen molar-refractivity contribution in [2.24, 2.45) is 0 Å². The lowest BCUT2D eigenvalue weighted by Gasteiger charge is -2.06. The molecule has 2 aromatic rings. The molecule has 0 bridgehead atoms. The molecule has 0 unspecified atom stereocenters.